The van der Waals surface area contributed by atoms with Crippen molar-refractivity contribution in [3.63, 3.8) is 0 Å². The molecule has 0 unspecified atom stereocenters. The summed E-state index contributed by atoms with van der Waals surface area (Å²) in [5.74, 6) is 2.13. The monoisotopic (exact) mass is 385 g/mol. The van der Waals surface area contributed by atoms with E-state index < -0.39 is 6.10 Å². The van der Waals surface area contributed by atoms with E-state index in [0.29, 0.717) is 17.9 Å². The molecular formula is C22H27NO3S. The zero-order chi connectivity index (χ0) is 19.3. The molecule has 1 amide bonds. The second-order valence-corrected chi connectivity index (χ2v) is 9.70. The molecule has 1 aromatic heterocycles. The Balaban J connectivity index is 1.38. The first kappa shape index (κ1) is 18.5. The lowest BCUT2D eigenvalue weighted by atomic mass is 9.95. The molecule has 0 saturated heterocycles. The first-order valence-electron chi connectivity index (χ1n) is 9.59. The van der Waals surface area contributed by atoms with Gasteiger partial charge in [-0.3, -0.25) is 4.79 Å². The first-order valence-corrected chi connectivity index (χ1v) is 10.4. The van der Waals surface area contributed by atoms with Crippen LogP contribution in [0.25, 0.3) is 0 Å². The number of ether oxygens (including phenoxy) is 1. The molecule has 1 saturated carbocycles. The van der Waals surface area contributed by atoms with E-state index in [4.69, 9.17) is 4.74 Å². The Morgan fingerprint density at radius 1 is 1.37 bits per heavy atom. The summed E-state index contributed by atoms with van der Waals surface area (Å²) in [6.45, 7) is 9.31. The van der Waals surface area contributed by atoms with Crippen molar-refractivity contribution < 1.29 is 14.6 Å². The molecular weight excluding hydrogens is 358 g/mol. The lowest BCUT2D eigenvalue weighted by Gasteiger charge is -2.11. The number of amides is 1. The number of hydrogen-bond donors (Lipinski definition) is 2. The lowest BCUT2D eigenvalue weighted by molar-refractivity contribution is 0.0954. The van der Waals surface area contributed by atoms with Crippen molar-refractivity contribution in [3.05, 3.63) is 50.7 Å². The number of hydrogen-bond acceptors (Lipinski definition) is 4. The average molecular weight is 386 g/mol. The fourth-order valence-corrected chi connectivity index (χ4v) is 5.65. The smallest absolute Gasteiger partial charge is 0.261 e. The largest absolute Gasteiger partial charge is 0.491 e. The maximum atomic E-state index is 12.8. The standard InChI is InChI=1S/C22H27NO3S/c1-12(24)11-26-15-7-5-14(6-8-15)10-23-21(25)20-16-9-17-19(22(17,3)4)18(16)13(2)27-20/h5-8,12,17,19,24H,9-11H2,1-4H3,(H,23,25)/t12-,17-,19-/m1/s1. The van der Waals surface area contributed by atoms with Gasteiger partial charge in [0.05, 0.1) is 11.0 Å². The molecule has 2 aliphatic rings. The highest BCUT2D eigenvalue weighted by atomic mass is 32.1. The van der Waals surface area contributed by atoms with Gasteiger partial charge in [-0.1, -0.05) is 26.0 Å². The number of thiophene rings is 1. The number of nitrogens with one attached hydrogen (secondary N) is 1. The number of rotatable bonds is 6. The zero-order valence-electron chi connectivity index (χ0n) is 16.3. The van der Waals surface area contributed by atoms with E-state index in [9.17, 15) is 9.90 Å². The quantitative estimate of drug-likeness (QED) is 0.789. The van der Waals surface area contributed by atoms with E-state index in [1.165, 1.54) is 16.0 Å². The fourth-order valence-electron chi connectivity index (χ4n) is 4.50. The molecule has 27 heavy (non-hydrogen) atoms. The summed E-state index contributed by atoms with van der Waals surface area (Å²) < 4.78 is 5.47. The molecule has 2 N–H and O–H groups in total. The molecule has 2 aliphatic carbocycles. The summed E-state index contributed by atoms with van der Waals surface area (Å²) >= 11 is 1.65. The molecule has 144 valence electrons. The minimum absolute atomic E-state index is 0.0397. The van der Waals surface area contributed by atoms with Crippen molar-refractivity contribution in [2.45, 2.75) is 52.7 Å². The number of fused-ring (bicyclic) bond motifs is 3. The molecule has 4 rings (SSSR count). The number of aliphatic hydroxyl groups is 1. The third kappa shape index (κ3) is 3.27. The van der Waals surface area contributed by atoms with Crippen LogP contribution in [0, 0.1) is 18.3 Å². The van der Waals surface area contributed by atoms with Crippen LogP contribution < -0.4 is 10.1 Å². The molecule has 1 heterocycles. The van der Waals surface area contributed by atoms with Gasteiger partial charge in [-0.25, -0.2) is 0 Å². The zero-order valence-corrected chi connectivity index (χ0v) is 17.2. The van der Waals surface area contributed by atoms with Crippen LogP contribution in [0.1, 0.15) is 57.9 Å². The van der Waals surface area contributed by atoms with E-state index in [0.717, 1.165) is 28.5 Å². The maximum absolute atomic E-state index is 12.8. The van der Waals surface area contributed by atoms with Crippen molar-refractivity contribution >= 4 is 17.2 Å². The highest BCUT2D eigenvalue weighted by molar-refractivity contribution is 7.14. The third-order valence-corrected chi connectivity index (χ3v) is 7.26. The molecule has 5 heteroatoms. The molecule has 1 aromatic carbocycles. The number of carbonyl (C=O) groups excluding carboxylic acids is 1. The average Bonchev–Trinajstić information content (AvgIpc) is 2.96. The summed E-state index contributed by atoms with van der Waals surface area (Å²) in [5, 5.41) is 12.3. The van der Waals surface area contributed by atoms with Crippen LogP contribution in [0.5, 0.6) is 5.75 Å². The van der Waals surface area contributed by atoms with Gasteiger partial charge >= 0.3 is 0 Å². The summed E-state index contributed by atoms with van der Waals surface area (Å²) in [6, 6.07) is 7.62. The molecule has 0 spiro atoms. The number of carbonyl (C=O) groups is 1. The summed E-state index contributed by atoms with van der Waals surface area (Å²) in [4.78, 5) is 15.0. The normalized spacial score (nSPS) is 22.7. The SMILES string of the molecule is Cc1sc(C(=O)NCc2ccc(OC[C@@H](C)O)cc2)c2c1[C@H]1[C@@H](C2)C1(C)C. The van der Waals surface area contributed by atoms with Gasteiger partial charge in [0.2, 0.25) is 0 Å². The molecule has 0 aliphatic heterocycles. The van der Waals surface area contributed by atoms with E-state index in [2.05, 4.69) is 26.1 Å². The molecule has 2 aromatic rings. The second kappa shape index (κ2) is 6.64. The Kier molecular flexibility index (Phi) is 4.55. The van der Waals surface area contributed by atoms with Gasteiger partial charge in [0.25, 0.3) is 5.91 Å². The predicted octanol–water partition coefficient (Wildman–Crippen LogP) is 4.04. The maximum Gasteiger partial charge on any atom is 0.261 e. The van der Waals surface area contributed by atoms with E-state index in [1.807, 2.05) is 24.3 Å². The van der Waals surface area contributed by atoms with Gasteiger partial charge in [0, 0.05) is 11.4 Å². The van der Waals surface area contributed by atoms with Gasteiger partial charge in [-0.05, 0) is 66.3 Å². The Hall–Kier alpha value is -1.85. The highest BCUT2D eigenvalue weighted by Gasteiger charge is 2.63. The van der Waals surface area contributed by atoms with Crippen LogP contribution in [-0.4, -0.2) is 23.7 Å². The second-order valence-electron chi connectivity index (χ2n) is 8.48. The topological polar surface area (TPSA) is 58.6 Å². The van der Waals surface area contributed by atoms with Crippen molar-refractivity contribution in [3.8, 4) is 5.75 Å². The van der Waals surface area contributed by atoms with Gasteiger partial charge in [0.1, 0.15) is 12.4 Å². The van der Waals surface area contributed by atoms with Crippen molar-refractivity contribution in [1.82, 2.24) is 5.32 Å². The first-order chi connectivity index (χ1) is 12.8. The van der Waals surface area contributed by atoms with Crippen LogP contribution in [0.3, 0.4) is 0 Å². The van der Waals surface area contributed by atoms with Crippen LogP contribution in [0.15, 0.2) is 24.3 Å². The fraction of sp³-hybridized carbons (Fsp3) is 0.500. The number of aryl methyl sites for hydroxylation is 1. The van der Waals surface area contributed by atoms with Crippen molar-refractivity contribution in [2.75, 3.05) is 6.61 Å². The van der Waals surface area contributed by atoms with E-state index in [1.54, 1.807) is 18.3 Å². The molecule has 1 fully saturated rings. The van der Waals surface area contributed by atoms with Crippen LogP contribution in [0.4, 0.5) is 0 Å². The van der Waals surface area contributed by atoms with Gasteiger partial charge in [-0.2, -0.15) is 0 Å². The van der Waals surface area contributed by atoms with Gasteiger partial charge in [0.15, 0.2) is 0 Å². The third-order valence-electron chi connectivity index (χ3n) is 6.09. The van der Waals surface area contributed by atoms with Crippen LogP contribution in [-0.2, 0) is 13.0 Å². The predicted molar refractivity (Wildman–Crippen MR) is 108 cm³/mol. The Morgan fingerprint density at radius 3 is 2.74 bits per heavy atom. The summed E-state index contributed by atoms with van der Waals surface area (Å²) in [6.07, 6.45) is 0.562. The lowest BCUT2D eigenvalue weighted by Crippen LogP contribution is -2.23. The minimum Gasteiger partial charge on any atom is -0.491 e. The van der Waals surface area contributed by atoms with E-state index in [-0.39, 0.29) is 12.5 Å². The summed E-state index contributed by atoms with van der Waals surface area (Å²) in [7, 11) is 0. The highest BCUT2D eigenvalue weighted by Crippen LogP contribution is 2.71. The molecule has 0 bridgehead atoms. The number of aliphatic hydroxyl groups excluding tert-OH is 1. The molecule has 3 atom stereocenters. The van der Waals surface area contributed by atoms with Crippen molar-refractivity contribution in [2.24, 2.45) is 11.3 Å². The van der Waals surface area contributed by atoms with Gasteiger partial charge < -0.3 is 15.2 Å². The van der Waals surface area contributed by atoms with Crippen LogP contribution >= 0.6 is 11.3 Å². The summed E-state index contributed by atoms with van der Waals surface area (Å²) in [5.41, 5.74) is 4.19. The Bertz CT molecular complexity index is 866. The van der Waals surface area contributed by atoms with Gasteiger partial charge in [-0.15, -0.1) is 11.3 Å². The number of benzene rings is 1. The van der Waals surface area contributed by atoms with Crippen molar-refractivity contribution in [1.29, 1.82) is 0 Å². The molecule has 4 nitrogen and oxygen atoms in total. The Morgan fingerprint density at radius 2 is 2.07 bits per heavy atom. The van der Waals surface area contributed by atoms with Crippen LogP contribution in [0.2, 0.25) is 0 Å². The minimum atomic E-state index is -0.489. The molecule has 0 radical (unpaired) electrons. The van der Waals surface area contributed by atoms with E-state index >= 15 is 0 Å². The Labute approximate surface area is 164 Å².